The minimum Gasteiger partial charge on any atom is -0.348 e. The lowest BCUT2D eigenvalue weighted by molar-refractivity contribution is -0.133. The fourth-order valence-electron chi connectivity index (χ4n) is 3.88. The molecule has 1 aliphatic rings. The van der Waals surface area contributed by atoms with Crippen LogP contribution in [0.2, 0.25) is 0 Å². The van der Waals surface area contributed by atoms with Crippen molar-refractivity contribution in [3.05, 3.63) is 95.3 Å². The molecular weight excluding hydrogens is 320 g/mol. The number of hydrogen-bond acceptors (Lipinski definition) is 1. The zero-order chi connectivity index (χ0) is 17.9. The predicted molar refractivity (Wildman–Crippen MR) is 104 cm³/mol. The topological polar surface area (TPSA) is 25.2 Å². The molecule has 3 aromatic rings. The van der Waals surface area contributed by atoms with Crippen molar-refractivity contribution in [2.75, 3.05) is 6.54 Å². The van der Waals surface area contributed by atoms with E-state index in [1.807, 2.05) is 18.2 Å². The minimum atomic E-state index is 0.00178. The molecule has 0 bridgehead atoms. The first-order valence-corrected chi connectivity index (χ1v) is 9.27. The Balaban J connectivity index is 1.60. The molecule has 0 aliphatic carbocycles. The van der Waals surface area contributed by atoms with Crippen molar-refractivity contribution < 1.29 is 4.79 Å². The summed E-state index contributed by atoms with van der Waals surface area (Å²) >= 11 is 0. The normalized spacial score (nSPS) is 16.3. The molecule has 2 heterocycles. The Kier molecular flexibility index (Phi) is 4.61. The van der Waals surface area contributed by atoms with Crippen LogP contribution >= 0.6 is 0 Å². The van der Waals surface area contributed by atoms with Crippen molar-refractivity contribution in [3.8, 4) is 0 Å². The maximum atomic E-state index is 13.1. The van der Waals surface area contributed by atoms with E-state index in [1.54, 1.807) is 0 Å². The summed E-state index contributed by atoms with van der Waals surface area (Å²) in [5.74, 6) is 0.229. The van der Waals surface area contributed by atoms with Crippen LogP contribution in [0.15, 0.2) is 72.9 Å². The van der Waals surface area contributed by atoms with Gasteiger partial charge in [-0.25, -0.2) is 0 Å². The Morgan fingerprint density at radius 1 is 1.00 bits per heavy atom. The number of aromatic nitrogens is 1. The average Bonchev–Trinajstić information content (AvgIpc) is 3.15. The number of fused-ring (bicyclic) bond motifs is 1. The van der Waals surface area contributed by atoms with E-state index in [9.17, 15) is 4.79 Å². The van der Waals surface area contributed by atoms with E-state index in [0.717, 1.165) is 19.5 Å². The molecule has 26 heavy (non-hydrogen) atoms. The van der Waals surface area contributed by atoms with Crippen LogP contribution in [0.5, 0.6) is 0 Å². The van der Waals surface area contributed by atoms with Gasteiger partial charge in [0.2, 0.25) is 5.91 Å². The van der Waals surface area contributed by atoms with Crippen LogP contribution in [0.1, 0.15) is 34.8 Å². The number of benzene rings is 2. The number of carbonyl (C=O) groups is 1. The van der Waals surface area contributed by atoms with Gasteiger partial charge in [0.25, 0.3) is 0 Å². The van der Waals surface area contributed by atoms with Crippen molar-refractivity contribution in [3.63, 3.8) is 0 Å². The van der Waals surface area contributed by atoms with Gasteiger partial charge in [0.15, 0.2) is 0 Å². The summed E-state index contributed by atoms with van der Waals surface area (Å²) in [5.41, 5.74) is 4.84. The zero-order valence-corrected chi connectivity index (χ0v) is 15.1. The summed E-state index contributed by atoms with van der Waals surface area (Å²) < 4.78 is 2.27. The van der Waals surface area contributed by atoms with Gasteiger partial charge in [0, 0.05) is 31.4 Å². The van der Waals surface area contributed by atoms with E-state index in [4.69, 9.17) is 0 Å². The summed E-state index contributed by atoms with van der Waals surface area (Å²) in [6.07, 6.45) is 3.45. The highest BCUT2D eigenvalue weighted by atomic mass is 16.2. The van der Waals surface area contributed by atoms with Crippen molar-refractivity contribution in [1.82, 2.24) is 9.47 Å². The van der Waals surface area contributed by atoms with Crippen molar-refractivity contribution in [2.45, 2.75) is 32.4 Å². The summed E-state index contributed by atoms with van der Waals surface area (Å²) in [4.78, 5) is 15.2. The molecule has 132 valence electrons. The maximum absolute atomic E-state index is 13.1. The highest BCUT2D eigenvalue weighted by Crippen LogP contribution is 2.33. The first-order valence-electron chi connectivity index (χ1n) is 9.27. The Hall–Kier alpha value is -2.81. The second-order valence-corrected chi connectivity index (χ2v) is 7.02. The molecule has 3 heteroatoms. The number of amides is 1. The average molecular weight is 344 g/mol. The Labute approximate surface area is 154 Å². The fourth-order valence-corrected chi connectivity index (χ4v) is 3.88. The highest BCUT2D eigenvalue weighted by Gasteiger charge is 2.31. The number of nitrogens with zero attached hydrogens (tertiary/aromatic N) is 2. The maximum Gasteiger partial charge on any atom is 0.223 e. The molecule has 2 aromatic carbocycles. The second-order valence-electron chi connectivity index (χ2n) is 7.02. The van der Waals surface area contributed by atoms with Crippen molar-refractivity contribution >= 4 is 5.91 Å². The predicted octanol–water partition coefficient (Wildman–Crippen LogP) is 4.36. The molecule has 0 radical (unpaired) electrons. The Morgan fingerprint density at radius 3 is 2.65 bits per heavy atom. The monoisotopic (exact) mass is 344 g/mol. The Morgan fingerprint density at radius 2 is 1.85 bits per heavy atom. The van der Waals surface area contributed by atoms with Gasteiger partial charge in [-0.05, 0) is 36.6 Å². The van der Waals surface area contributed by atoms with Gasteiger partial charge >= 0.3 is 0 Å². The molecule has 1 aromatic heterocycles. The summed E-state index contributed by atoms with van der Waals surface area (Å²) in [6, 6.07) is 23.0. The van der Waals surface area contributed by atoms with Crippen LogP contribution in [0, 0.1) is 6.92 Å². The lowest BCUT2D eigenvalue weighted by Crippen LogP contribution is -2.42. The van der Waals surface area contributed by atoms with E-state index >= 15 is 0 Å². The first kappa shape index (κ1) is 16.6. The minimum absolute atomic E-state index is 0.00178. The van der Waals surface area contributed by atoms with Crippen LogP contribution < -0.4 is 0 Å². The number of carbonyl (C=O) groups excluding carboxylic acids is 1. The SMILES string of the molecule is Cc1cccc(C2c3cccn3CCN2C(=O)CCc2ccccc2)c1. The molecule has 0 spiro atoms. The lowest BCUT2D eigenvalue weighted by atomic mass is 9.97. The molecule has 0 N–H and O–H groups in total. The number of rotatable bonds is 4. The fraction of sp³-hybridized carbons (Fsp3) is 0.261. The van der Waals surface area contributed by atoms with Gasteiger partial charge in [0.1, 0.15) is 0 Å². The first-order chi connectivity index (χ1) is 12.7. The molecule has 3 nitrogen and oxygen atoms in total. The number of hydrogen-bond donors (Lipinski definition) is 0. The molecule has 4 rings (SSSR count). The van der Waals surface area contributed by atoms with E-state index in [-0.39, 0.29) is 11.9 Å². The molecule has 0 fully saturated rings. The van der Waals surface area contributed by atoms with Gasteiger partial charge < -0.3 is 9.47 Å². The van der Waals surface area contributed by atoms with E-state index in [1.165, 1.54) is 22.4 Å². The summed E-state index contributed by atoms with van der Waals surface area (Å²) in [5, 5.41) is 0. The summed E-state index contributed by atoms with van der Waals surface area (Å²) in [6.45, 7) is 3.72. The third kappa shape index (κ3) is 3.30. The largest absolute Gasteiger partial charge is 0.348 e. The standard InChI is InChI=1S/C23H24N2O/c1-18-7-5-10-20(17-18)23-21-11-6-14-24(21)15-16-25(23)22(26)13-12-19-8-3-2-4-9-19/h2-11,14,17,23H,12-13,15-16H2,1H3. The van der Waals surface area contributed by atoms with E-state index in [0.29, 0.717) is 6.42 Å². The van der Waals surface area contributed by atoms with Crippen LogP contribution in [0.4, 0.5) is 0 Å². The third-order valence-corrected chi connectivity index (χ3v) is 5.19. The van der Waals surface area contributed by atoms with Crippen LogP contribution in [-0.4, -0.2) is 21.9 Å². The zero-order valence-electron chi connectivity index (χ0n) is 15.1. The second kappa shape index (κ2) is 7.20. The quantitative estimate of drug-likeness (QED) is 0.690. The highest BCUT2D eigenvalue weighted by molar-refractivity contribution is 5.77. The molecule has 0 saturated carbocycles. The smallest absolute Gasteiger partial charge is 0.223 e. The van der Waals surface area contributed by atoms with Gasteiger partial charge in [-0.15, -0.1) is 0 Å². The van der Waals surface area contributed by atoms with E-state index < -0.39 is 0 Å². The van der Waals surface area contributed by atoms with Gasteiger partial charge in [-0.1, -0.05) is 60.2 Å². The number of aryl methyl sites for hydroxylation is 2. The molecule has 0 saturated heterocycles. The van der Waals surface area contributed by atoms with Crippen LogP contribution in [-0.2, 0) is 17.8 Å². The van der Waals surface area contributed by atoms with Crippen molar-refractivity contribution in [1.29, 1.82) is 0 Å². The third-order valence-electron chi connectivity index (χ3n) is 5.19. The lowest BCUT2D eigenvalue weighted by Gasteiger charge is -2.37. The van der Waals surface area contributed by atoms with Gasteiger partial charge in [-0.3, -0.25) is 4.79 Å². The molecular formula is C23H24N2O. The molecule has 1 amide bonds. The Bertz CT molecular complexity index is 897. The van der Waals surface area contributed by atoms with Gasteiger partial charge in [-0.2, -0.15) is 0 Å². The summed E-state index contributed by atoms with van der Waals surface area (Å²) in [7, 11) is 0. The molecule has 1 aliphatic heterocycles. The molecule has 1 atom stereocenters. The van der Waals surface area contributed by atoms with Crippen molar-refractivity contribution in [2.24, 2.45) is 0 Å². The van der Waals surface area contributed by atoms with Crippen LogP contribution in [0.25, 0.3) is 0 Å². The van der Waals surface area contributed by atoms with Crippen LogP contribution in [0.3, 0.4) is 0 Å². The van der Waals surface area contributed by atoms with E-state index in [2.05, 4.69) is 71.1 Å². The van der Waals surface area contributed by atoms with Gasteiger partial charge in [0.05, 0.1) is 6.04 Å². The molecule has 1 unspecified atom stereocenters.